The Morgan fingerprint density at radius 2 is 1.49 bits per heavy atom. The van der Waals surface area contributed by atoms with Crippen molar-refractivity contribution in [3.05, 3.63) is 0 Å². The second-order valence-corrected chi connectivity index (χ2v) is 15.4. The van der Waals surface area contributed by atoms with Gasteiger partial charge in [0.2, 0.25) is 29.4 Å². The molecule has 0 aromatic carbocycles. The van der Waals surface area contributed by atoms with Gasteiger partial charge in [0.1, 0.15) is 12.1 Å². The van der Waals surface area contributed by atoms with Gasteiger partial charge in [-0.25, -0.2) is 4.79 Å². The Morgan fingerprint density at radius 3 is 1.98 bits per heavy atom. The molecule has 1 saturated carbocycles. The molecule has 3 aliphatic rings. The Balaban J connectivity index is 1.82. The first-order valence-corrected chi connectivity index (χ1v) is 15.9. The summed E-state index contributed by atoms with van der Waals surface area (Å²) in [7, 11) is 1.35. The number of likely N-dealkylation sites (tertiary alicyclic amines) is 2. The number of urea groups is 1. The lowest BCUT2D eigenvalue weighted by atomic mass is 9.85. The molecule has 2 saturated heterocycles. The van der Waals surface area contributed by atoms with E-state index in [1.165, 1.54) is 16.8 Å². The van der Waals surface area contributed by atoms with Crippen LogP contribution in [0, 0.1) is 28.1 Å². The zero-order chi connectivity index (χ0) is 34.2. The molecule has 13 heteroatoms. The summed E-state index contributed by atoms with van der Waals surface area (Å²) in [6, 6.07) is -4.15. The fraction of sp³-hybridized carbons (Fsp3) is 0.781. The number of nitrogens with zero attached hydrogens (tertiary/aromatic N) is 2. The van der Waals surface area contributed by atoms with Gasteiger partial charge in [0.25, 0.3) is 5.91 Å². The molecule has 0 bridgehead atoms. The Bertz CT molecular complexity index is 1220. The summed E-state index contributed by atoms with van der Waals surface area (Å²) >= 11 is 0. The molecule has 0 radical (unpaired) electrons. The summed E-state index contributed by atoms with van der Waals surface area (Å²) < 4.78 is 0. The van der Waals surface area contributed by atoms with Crippen molar-refractivity contribution < 1.29 is 33.6 Å². The fourth-order valence-electron chi connectivity index (χ4n) is 6.60. The number of hydrogen-bond acceptors (Lipinski definition) is 7. The molecule has 0 spiro atoms. The lowest BCUT2D eigenvalue weighted by Crippen LogP contribution is -2.62. The number of amides is 7. The third kappa shape index (κ3) is 7.66. The van der Waals surface area contributed by atoms with Gasteiger partial charge in [-0.05, 0) is 34.5 Å². The summed E-state index contributed by atoms with van der Waals surface area (Å²) in [5.41, 5.74) is -1.47. The predicted molar refractivity (Wildman–Crippen MR) is 166 cm³/mol. The Labute approximate surface area is 266 Å². The maximum atomic E-state index is 14.2. The quantitative estimate of drug-likeness (QED) is 0.196. The van der Waals surface area contributed by atoms with Crippen LogP contribution in [0.25, 0.3) is 0 Å². The summed E-state index contributed by atoms with van der Waals surface area (Å²) in [6.07, 6.45) is 1.11. The Hall–Kier alpha value is -3.51. The van der Waals surface area contributed by atoms with Crippen molar-refractivity contribution in [1.29, 1.82) is 0 Å². The van der Waals surface area contributed by atoms with E-state index >= 15 is 0 Å². The van der Waals surface area contributed by atoms with E-state index in [4.69, 9.17) is 0 Å². The third-order valence-corrected chi connectivity index (χ3v) is 9.68. The average molecular weight is 633 g/mol. The molecular weight excluding hydrogens is 580 g/mol. The van der Waals surface area contributed by atoms with Gasteiger partial charge in [0, 0.05) is 33.0 Å². The highest BCUT2D eigenvalue weighted by Crippen LogP contribution is 2.65. The highest BCUT2D eigenvalue weighted by atomic mass is 16.2. The largest absolute Gasteiger partial charge is 0.353 e. The average Bonchev–Trinajstić information content (AvgIpc) is 3.22. The first kappa shape index (κ1) is 36.0. The Morgan fingerprint density at radius 1 is 0.911 bits per heavy atom. The summed E-state index contributed by atoms with van der Waals surface area (Å²) in [5.74, 6) is -3.11. The number of hydrogen-bond donors (Lipinski definition) is 4. The van der Waals surface area contributed by atoms with Crippen LogP contribution in [0.3, 0.4) is 0 Å². The standard InChI is InChI=1S/C32H52N6O7/c1-11-12-18(24(41)27(43)33-10)34-26(42)23-22-17(32(22,8)9)15-38(23)28(44)25(31(5,6)7)36-29(45)35-19(30(2,3)4)16-37-20(39)13-14-21(37)40/h17-19,22-23,25H,11-16H2,1-10H3,(H,33,43)(H,34,42)(H2,35,36,45)/t17-,18?,19+,22-,23-,25+/m0/s1. The molecule has 4 N–H and O–H groups in total. The van der Waals surface area contributed by atoms with Crippen LogP contribution in [0.1, 0.15) is 88.0 Å². The highest BCUT2D eigenvalue weighted by molar-refractivity contribution is 6.38. The Kier molecular flexibility index (Phi) is 10.5. The van der Waals surface area contributed by atoms with Crippen molar-refractivity contribution in [3.63, 3.8) is 0 Å². The minimum atomic E-state index is -1.02. The molecule has 0 aromatic rings. The van der Waals surface area contributed by atoms with Gasteiger partial charge < -0.3 is 26.2 Å². The van der Waals surface area contributed by atoms with E-state index in [2.05, 4.69) is 21.3 Å². The molecular formula is C32H52N6O7. The van der Waals surface area contributed by atoms with Gasteiger partial charge in [0.05, 0.1) is 12.1 Å². The first-order valence-electron chi connectivity index (χ1n) is 15.9. The first-order chi connectivity index (χ1) is 20.7. The number of piperidine rings is 1. The monoisotopic (exact) mass is 632 g/mol. The molecule has 0 aromatic heterocycles. The number of Topliss-reactive ketones (excluding diaryl/α,β-unsaturated/α-hetero) is 1. The lowest BCUT2D eigenvalue weighted by Gasteiger charge is -2.39. The van der Waals surface area contributed by atoms with Crippen LogP contribution in [0.5, 0.6) is 0 Å². The van der Waals surface area contributed by atoms with E-state index in [1.54, 1.807) is 0 Å². The van der Waals surface area contributed by atoms with Gasteiger partial charge in [0.15, 0.2) is 0 Å². The normalized spacial score (nSPS) is 24.4. The summed E-state index contributed by atoms with van der Waals surface area (Å²) in [6.45, 7) is 17.4. The number of imide groups is 1. The number of fused-ring (bicyclic) bond motifs is 1. The van der Waals surface area contributed by atoms with Crippen LogP contribution in [-0.2, 0) is 28.8 Å². The smallest absolute Gasteiger partial charge is 0.315 e. The van der Waals surface area contributed by atoms with Crippen molar-refractivity contribution in [1.82, 2.24) is 31.1 Å². The van der Waals surface area contributed by atoms with Crippen molar-refractivity contribution in [2.45, 2.75) is 112 Å². The van der Waals surface area contributed by atoms with Crippen molar-refractivity contribution in [2.75, 3.05) is 20.1 Å². The van der Waals surface area contributed by atoms with Crippen LogP contribution in [0.2, 0.25) is 0 Å². The summed E-state index contributed by atoms with van der Waals surface area (Å²) in [4.78, 5) is 93.5. The van der Waals surface area contributed by atoms with Crippen LogP contribution >= 0.6 is 0 Å². The highest BCUT2D eigenvalue weighted by Gasteiger charge is 2.70. The molecule has 7 amide bonds. The lowest BCUT2D eigenvalue weighted by molar-refractivity contribution is -0.145. The maximum Gasteiger partial charge on any atom is 0.315 e. The number of carbonyl (C=O) groups excluding carboxylic acids is 7. The fourth-order valence-corrected chi connectivity index (χ4v) is 6.60. The molecule has 1 unspecified atom stereocenters. The molecule has 2 heterocycles. The van der Waals surface area contributed by atoms with E-state index < -0.39 is 64.5 Å². The van der Waals surface area contributed by atoms with Gasteiger partial charge in [-0.1, -0.05) is 68.7 Å². The minimum Gasteiger partial charge on any atom is -0.353 e. The maximum absolute atomic E-state index is 14.2. The van der Waals surface area contributed by atoms with E-state index in [9.17, 15) is 33.6 Å². The van der Waals surface area contributed by atoms with Crippen molar-refractivity contribution in [3.8, 4) is 0 Å². The van der Waals surface area contributed by atoms with Crippen LogP contribution in [-0.4, -0.2) is 95.5 Å². The third-order valence-electron chi connectivity index (χ3n) is 9.68. The topological polar surface area (TPSA) is 174 Å². The molecule has 1 aliphatic carbocycles. The van der Waals surface area contributed by atoms with Gasteiger partial charge in [-0.15, -0.1) is 0 Å². The molecule has 3 fully saturated rings. The molecule has 13 nitrogen and oxygen atoms in total. The zero-order valence-electron chi connectivity index (χ0n) is 28.5. The van der Waals surface area contributed by atoms with E-state index in [-0.39, 0.29) is 54.9 Å². The van der Waals surface area contributed by atoms with E-state index in [1.807, 2.05) is 62.3 Å². The van der Waals surface area contributed by atoms with Crippen LogP contribution < -0.4 is 21.3 Å². The van der Waals surface area contributed by atoms with Gasteiger partial charge in [-0.3, -0.25) is 33.7 Å². The number of likely N-dealkylation sites (N-methyl/N-ethyl adjacent to an activating group) is 1. The summed E-state index contributed by atoms with van der Waals surface area (Å²) in [5, 5.41) is 10.8. The van der Waals surface area contributed by atoms with Crippen LogP contribution in [0.15, 0.2) is 0 Å². The van der Waals surface area contributed by atoms with E-state index in [0.29, 0.717) is 13.0 Å². The zero-order valence-corrected chi connectivity index (χ0v) is 28.5. The van der Waals surface area contributed by atoms with E-state index in [0.717, 1.165) is 0 Å². The SMILES string of the molecule is CCCC(NC(=O)[C@@H]1[C@@H]2[C@H](CN1C(=O)[C@@H](NC(=O)N[C@H](CN1C(=O)CCC1=O)C(C)(C)C)C(C)(C)C)C2(C)C)C(=O)C(=O)NC. The molecule has 2 aliphatic heterocycles. The number of ketones is 1. The molecule has 252 valence electrons. The van der Waals surface area contributed by atoms with Crippen LogP contribution in [0.4, 0.5) is 4.79 Å². The van der Waals surface area contributed by atoms with Gasteiger partial charge >= 0.3 is 6.03 Å². The van der Waals surface area contributed by atoms with Gasteiger partial charge in [-0.2, -0.15) is 0 Å². The minimum absolute atomic E-state index is 0.0171. The second-order valence-electron chi connectivity index (χ2n) is 15.4. The number of nitrogens with one attached hydrogen (secondary N) is 4. The van der Waals surface area contributed by atoms with Crippen molar-refractivity contribution in [2.24, 2.45) is 28.1 Å². The molecule has 45 heavy (non-hydrogen) atoms. The second kappa shape index (κ2) is 13.1. The molecule has 6 atom stereocenters. The number of rotatable bonds is 11. The van der Waals surface area contributed by atoms with Crippen molar-refractivity contribution >= 4 is 41.4 Å². The predicted octanol–water partition coefficient (Wildman–Crippen LogP) is 1.35. The number of carbonyl (C=O) groups is 7. The molecule has 3 rings (SSSR count).